The largest absolute Gasteiger partial charge is 0.396 e. The van der Waals surface area contributed by atoms with Crippen LogP contribution in [0.1, 0.15) is 18.4 Å². The fourth-order valence-corrected chi connectivity index (χ4v) is 5.05. The smallest absolute Gasteiger partial charge is 0.0734 e. The Labute approximate surface area is 132 Å². The zero-order chi connectivity index (χ0) is 15.6. The van der Waals surface area contributed by atoms with Gasteiger partial charge in [0, 0.05) is 6.61 Å². The Morgan fingerprint density at radius 2 is 1.68 bits per heavy atom. The molecule has 0 saturated heterocycles. The molecular weight excluding hydrogens is 298 g/mol. The summed E-state index contributed by atoms with van der Waals surface area (Å²) >= 11 is 0. The quantitative estimate of drug-likeness (QED) is 0.791. The molecule has 0 aromatic heterocycles. The fourth-order valence-electron chi connectivity index (χ4n) is 2.97. The van der Waals surface area contributed by atoms with Crippen molar-refractivity contribution in [3.8, 4) is 0 Å². The normalized spacial score (nSPS) is 21.2. The Bertz CT molecular complexity index is 633. The summed E-state index contributed by atoms with van der Waals surface area (Å²) in [6, 6.07) is 17.3. The molecular formula is C17H21NO3S. The van der Waals surface area contributed by atoms with Crippen molar-refractivity contribution in [1.29, 1.82) is 0 Å². The predicted molar refractivity (Wildman–Crippen MR) is 91.7 cm³/mol. The first-order valence-electron chi connectivity index (χ1n) is 7.45. The van der Waals surface area contributed by atoms with Gasteiger partial charge in [0.2, 0.25) is 0 Å². The third-order valence-corrected chi connectivity index (χ3v) is 6.29. The van der Waals surface area contributed by atoms with Crippen LogP contribution in [-0.2, 0) is 6.42 Å². The molecule has 0 aliphatic carbocycles. The second-order valence-electron chi connectivity index (χ2n) is 5.51. The molecule has 3 N–H and O–H groups in total. The van der Waals surface area contributed by atoms with Crippen molar-refractivity contribution < 1.29 is 14.2 Å². The van der Waals surface area contributed by atoms with E-state index in [1.807, 2.05) is 54.6 Å². The van der Waals surface area contributed by atoms with Crippen molar-refractivity contribution in [1.82, 2.24) is 0 Å². The number of para-hydroxylation sites is 2. The van der Waals surface area contributed by atoms with E-state index < -0.39 is 10.8 Å². The summed E-state index contributed by atoms with van der Waals surface area (Å²) in [6.45, 7) is 0.0685. The maximum absolute atomic E-state index is 10.9. The molecule has 1 aliphatic rings. The van der Waals surface area contributed by atoms with Crippen LogP contribution in [0.15, 0.2) is 54.6 Å². The molecule has 0 amide bonds. The molecule has 1 heterocycles. The average molecular weight is 319 g/mol. The summed E-state index contributed by atoms with van der Waals surface area (Å²) in [4.78, 5) is 0. The van der Waals surface area contributed by atoms with E-state index in [2.05, 4.69) is 0 Å². The molecule has 0 bridgehead atoms. The van der Waals surface area contributed by atoms with Crippen LogP contribution in [0.2, 0.25) is 0 Å². The lowest BCUT2D eigenvalue weighted by Gasteiger charge is -2.53. The van der Waals surface area contributed by atoms with Gasteiger partial charge in [0.25, 0.3) is 0 Å². The average Bonchev–Trinajstić information content (AvgIpc) is 2.53. The summed E-state index contributed by atoms with van der Waals surface area (Å²) in [7, 11) is -2.98. The zero-order valence-corrected chi connectivity index (χ0v) is 13.1. The van der Waals surface area contributed by atoms with Crippen LogP contribution in [0.3, 0.4) is 0 Å². The number of fused-ring (bicyclic) bond motifs is 1. The summed E-state index contributed by atoms with van der Waals surface area (Å²) < 4.78 is 23.5. The topological polar surface area (TPSA) is 63.9 Å². The van der Waals surface area contributed by atoms with Gasteiger partial charge >= 0.3 is 0 Å². The van der Waals surface area contributed by atoms with Crippen molar-refractivity contribution >= 4 is 22.2 Å². The second-order valence-corrected chi connectivity index (χ2v) is 7.67. The van der Waals surface area contributed by atoms with Crippen LogP contribution >= 0.6 is 10.8 Å². The van der Waals surface area contributed by atoms with Gasteiger partial charge in [-0.05, 0) is 43.0 Å². The summed E-state index contributed by atoms with van der Waals surface area (Å²) in [6.07, 6.45) is 1.80. The van der Waals surface area contributed by atoms with Crippen LogP contribution < -0.4 is 4.31 Å². The number of aliphatic hydroxyl groups excluding tert-OH is 1. The van der Waals surface area contributed by atoms with Crippen LogP contribution in [0, 0.1) is 0 Å². The number of rotatable bonds is 4. The van der Waals surface area contributed by atoms with Crippen LogP contribution in [0.5, 0.6) is 0 Å². The molecule has 0 unspecified atom stereocenters. The molecule has 22 heavy (non-hydrogen) atoms. The second kappa shape index (κ2) is 6.30. The van der Waals surface area contributed by atoms with E-state index in [1.54, 1.807) is 4.31 Å². The van der Waals surface area contributed by atoms with Gasteiger partial charge in [-0.1, -0.05) is 36.4 Å². The molecule has 2 aromatic carbocycles. The van der Waals surface area contributed by atoms with E-state index in [1.165, 1.54) is 0 Å². The highest BCUT2D eigenvalue weighted by Crippen LogP contribution is 2.60. The number of benzene rings is 2. The van der Waals surface area contributed by atoms with E-state index in [0.29, 0.717) is 19.3 Å². The lowest BCUT2D eigenvalue weighted by atomic mass is 10.0. The first kappa shape index (κ1) is 15.4. The molecule has 1 atom stereocenters. The van der Waals surface area contributed by atoms with Crippen molar-refractivity contribution in [2.45, 2.75) is 24.5 Å². The maximum Gasteiger partial charge on any atom is 0.0734 e. The Kier molecular flexibility index (Phi) is 4.40. The Morgan fingerprint density at radius 3 is 2.41 bits per heavy atom. The number of nitrogens with zero attached hydrogens (tertiary/aromatic N) is 1. The lowest BCUT2D eigenvalue weighted by molar-refractivity contribution is 0.282. The van der Waals surface area contributed by atoms with Gasteiger partial charge in [0.1, 0.15) is 0 Å². The van der Waals surface area contributed by atoms with Crippen LogP contribution in [-0.4, -0.2) is 26.1 Å². The minimum absolute atomic E-state index is 0.0685. The molecule has 1 aliphatic heterocycles. The predicted octanol–water partition coefficient (Wildman–Crippen LogP) is 4.19. The Hall–Kier alpha value is -1.53. The molecule has 3 rings (SSSR count). The fraction of sp³-hybridized carbons (Fsp3) is 0.294. The van der Waals surface area contributed by atoms with E-state index in [9.17, 15) is 9.11 Å². The van der Waals surface area contributed by atoms with Gasteiger partial charge in [-0.2, -0.15) is 0 Å². The number of hydrogen-bond acceptors (Lipinski definition) is 4. The van der Waals surface area contributed by atoms with Crippen molar-refractivity contribution in [3.63, 3.8) is 0 Å². The zero-order valence-electron chi connectivity index (χ0n) is 12.3. The van der Waals surface area contributed by atoms with Crippen molar-refractivity contribution in [2.24, 2.45) is 0 Å². The Morgan fingerprint density at radius 1 is 1.00 bits per heavy atom. The molecule has 118 valence electrons. The van der Waals surface area contributed by atoms with Gasteiger partial charge in [-0.15, -0.1) is 10.8 Å². The highest BCUT2D eigenvalue weighted by molar-refractivity contribution is 8.26. The first-order valence-corrected chi connectivity index (χ1v) is 9.02. The first-order chi connectivity index (χ1) is 10.6. The lowest BCUT2D eigenvalue weighted by Crippen LogP contribution is -2.37. The summed E-state index contributed by atoms with van der Waals surface area (Å²) in [5, 5.41) is 8.81. The molecule has 0 fully saturated rings. The van der Waals surface area contributed by atoms with Crippen molar-refractivity contribution in [2.75, 3.05) is 10.9 Å². The number of anilines is 2. The molecule has 0 radical (unpaired) electrons. The summed E-state index contributed by atoms with van der Waals surface area (Å²) in [5.41, 5.74) is 2.75. The minimum Gasteiger partial charge on any atom is -0.396 e. The van der Waals surface area contributed by atoms with Crippen molar-refractivity contribution in [3.05, 3.63) is 60.2 Å². The van der Waals surface area contributed by atoms with Gasteiger partial charge in [-0.3, -0.25) is 9.11 Å². The molecule has 0 saturated carbocycles. The van der Waals surface area contributed by atoms with E-state index in [-0.39, 0.29) is 11.9 Å². The molecule has 0 spiro atoms. The van der Waals surface area contributed by atoms with Gasteiger partial charge in [-0.25, -0.2) is 4.31 Å². The third kappa shape index (κ3) is 2.73. The third-order valence-electron chi connectivity index (χ3n) is 4.05. The Balaban J connectivity index is 2.07. The SMILES string of the molecule is OCCC[C@H]1Cc2ccccc2N(c2ccccc2)S1(O)O. The maximum atomic E-state index is 10.9. The van der Waals surface area contributed by atoms with E-state index in [0.717, 1.165) is 16.9 Å². The molecule has 4 nitrogen and oxygen atoms in total. The highest BCUT2D eigenvalue weighted by atomic mass is 32.3. The summed E-state index contributed by atoms with van der Waals surface area (Å²) in [5.74, 6) is 0. The van der Waals surface area contributed by atoms with E-state index >= 15 is 0 Å². The standard InChI is InChI=1S/C17H21NO3S/c19-12-6-10-16-13-14-7-4-5-11-17(14)18(22(16,20)21)15-8-2-1-3-9-15/h1-5,7-9,11,16,19-21H,6,10,12-13H2/t16-/m0/s1. The number of aliphatic hydroxyl groups is 1. The molecule has 5 heteroatoms. The monoisotopic (exact) mass is 319 g/mol. The van der Waals surface area contributed by atoms with E-state index in [4.69, 9.17) is 5.11 Å². The van der Waals surface area contributed by atoms with Gasteiger partial charge < -0.3 is 5.11 Å². The highest BCUT2D eigenvalue weighted by Gasteiger charge is 2.38. The minimum atomic E-state index is -2.98. The van der Waals surface area contributed by atoms with Crippen LogP contribution in [0.25, 0.3) is 0 Å². The van der Waals surface area contributed by atoms with Crippen LogP contribution in [0.4, 0.5) is 11.4 Å². The number of hydrogen-bond donors (Lipinski definition) is 3. The van der Waals surface area contributed by atoms with Gasteiger partial charge in [0.05, 0.1) is 16.6 Å². The van der Waals surface area contributed by atoms with Gasteiger partial charge in [0.15, 0.2) is 0 Å². The molecule has 2 aromatic rings.